The number of rotatable bonds is 4. The van der Waals surface area contributed by atoms with Crippen LogP contribution in [-0.4, -0.2) is 12.4 Å². The summed E-state index contributed by atoms with van der Waals surface area (Å²) in [5, 5.41) is 1.87. The molecule has 0 radical (unpaired) electrons. The highest BCUT2D eigenvalue weighted by Crippen LogP contribution is 2.32. The van der Waals surface area contributed by atoms with E-state index in [-0.39, 0.29) is 5.78 Å². The van der Waals surface area contributed by atoms with Gasteiger partial charge >= 0.3 is 0 Å². The molecule has 0 saturated heterocycles. The Morgan fingerprint density at radius 3 is 2.83 bits per heavy atom. The predicted octanol–water partition coefficient (Wildman–Crippen LogP) is 3.72. The fourth-order valence-electron chi connectivity index (χ4n) is 1.62. The Kier molecular flexibility index (Phi) is 4.04. The van der Waals surface area contributed by atoms with Gasteiger partial charge in [-0.05, 0) is 46.4 Å². The zero-order valence-electron chi connectivity index (χ0n) is 9.77. The molecule has 1 aromatic carbocycles. The molecule has 1 heterocycles. The average molecular weight is 326 g/mol. The van der Waals surface area contributed by atoms with Gasteiger partial charge in [-0.3, -0.25) is 4.79 Å². The van der Waals surface area contributed by atoms with Crippen LogP contribution in [0.1, 0.15) is 22.2 Å². The Hall–Kier alpha value is -1.33. The maximum Gasteiger partial charge on any atom is 0.207 e. The summed E-state index contributed by atoms with van der Waals surface area (Å²) in [6.07, 6.45) is 0. The number of benzene rings is 1. The quantitative estimate of drug-likeness (QED) is 0.688. The Balaban J connectivity index is 2.48. The van der Waals surface area contributed by atoms with Crippen LogP contribution in [0.3, 0.4) is 0 Å². The molecule has 0 bridgehead atoms. The lowest BCUT2D eigenvalue weighted by Crippen LogP contribution is -2.06. The van der Waals surface area contributed by atoms with E-state index in [0.717, 1.165) is 4.47 Å². The number of ketones is 1. The van der Waals surface area contributed by atoms with Crippen LogP contribution in [0, 0.1) is 0 Å². The number of ether oxygens (including phenoxy) is 1. The number of carbonyl (C=O) groups excluding carboxylic acids is 1. The van der Waals surface area contributed by atoms with Gasteiger partial charge in [0.1, 0.15) is 0 Å². The second-order valence-electron chi connectivity index (χ2n) is 3.58. The molecule has 0 amide bonds. The third kappa shape index (κ3) is 2.42. The molecule has 0 aliphatic heterocycles. The normalized spacial score (nSPS) is 10.3. The van der Waals surface area contributed by atoms with Crippen LogP contribution in [0.15, 0.2) is 34.1 Å². The molecule has 0 saturated carbocycles. The van der Waals surface area contributed by atoms with Crippen molar-refractivity contribution in [3.8, 4) is 5.75 Å². The molecule has 2 rings (SSSR count). The molecule has 2 N–H and O–H groups in total. The summed E-state index contributed by atoms with van der Waals surface area (Å²) in [5.41, 5.74) is 6.83. The van der Waals surface area contributed by atoms with Gasteiger partial charge in [0.2, 0.25) is 5.78 Å². The molecule has 0 spiro atoms. The Bertz CT molecular complexity index is 580. The SMILES string of the molecule is CCOc1c(N)cccc1C(=O)c1sccc1Br. The zero-order chi connectivity index (χ0) is 13.1. The minimum Gasteiger partial charge on any atom is -0.491 e. The number of nitrogens with two attached hydrogens (primary N) is 1. The zero-order valence-corrected chi connectivity index (χ0v) is 12.2. The van der Waals surface area contributed by atoms with E-state index in [4.69, 9.17) is 10.5 Å². The Labute approximate surface area is 118 Å². The van der Waals surface area contributed by atoms with Crippen molar-refractivity contribution in [3.63, 3.8) is 0 Å². The predicted molar refractivity (Wildman–Crippen MR) is 77.5 cm³/mol. The molecular formula is C13H12BrNO2S. The van der Waals surface area contributed by atoms with Crippen molar-refractivity contribution in [1.29, 1.82) is 0 Å². The fourth-order valence-corrected chi connectivity index (χ4v) is 3.12. The van der Waals surface area contributed by atoms with Gasteiger partial charge in [-0.15, -0.1) is 11.3 Å². The second kappa shape index (κ2) is 5.54. The molecule has 94 valence electrons. The second-order valence-corrected chi connectivity index (χ2v) is 5.35. The summed E-state index contributed by atoms with van der Waals surface area (Å²) in [5.74, 6) is 0.387. The summed E-state index contributed by atoms with van der Waals surface area (Å²) in [7, 11) is 0. The molecule has 5 heteroatoms. The van der Waals surface area contributed by atoms with E-state index in [9.17, 15) is 4.79 Å². The van der Waals surface area contributed by atoms with Crippen molar-refractivity contribution in [3.05, 3.63) is 44.6 Å². The van der Waals surface area contributed by atoms with Gasteiger partial charge in [0, 0.05) is 4.47 Å². The number of carbonyl (C=O) groups is 1. The molecule has 0 aliphatic carbocycles. The van der Waals surface area contributed by atoms with Gasteiger partial charge in [-0.25, -0.2) is 0 Å². The van der Waals surface area contributed by atoms with Crippen LogP contribution >= 0.6 is 27.3 Å². The van der Waals surface area contributed by atoms with Crippen LogP contribution in [0.25, 0.3) is 0 Å². The third-order valence-corrected chi connectivity index (χ3v) is 4.24. The van der Waals surface area contributed by atoms with Gasteiger partial charge in [0.15, 0.2) is 5.75 Å². The largest absolute Gasteiger partial charge is 0.491 e. The van der Waals surface area contributed by atoms with Crippen molar-refractivity contribution >= 4 is 38.7 Å². The molecule has 0 atom stereocenters. The summed E-state index contributed by atoms with van der Waals surface area (Å²) in [6, 6.07) is 7.07. The van der Waals surface area contributed by atoms with E-state index < -0.39 is 0 Å². The fraction of sp³-hybridized carbons (Fsp3) is 0.154. The highest BCUT2D eigenvalue weighted by atomic mass is 79.9. The van der Waals surface area contributed by atoms with Gasteiger partial charge < -0.3 is 10.5 Å². The molecule has 3 nitrogen and oxygen atoms in total. The number of hydrogen-bond donors (Lipinski definition) is 1. The van der Waals surface area contributed by atoms with E-state index in [2.05, 4.69) is 15.9 Å². The highest BCUT2D eigenvalue weighted by Gasteiger charge is 2.19. The lowest BCUT2D eigenvalue weighted by Gasteiger charge is -2.11. The molecule has 1 aromatic heterocycles. The van der Waals surface area contributed by atoms with E-state index in [1.807, 2.05) is 18.4 Å². The monoisotopic (exact) mass is 325 g/mol. The summed E-state index contributed by atoms with van der Waals surface area (Å²) < 4.78 is 6.26. The van der Waals surface area contributed by atoms with Gasteiger partial charge in [-0.2, -0.15) is 0 Å². The first-order valence-electron chi connectivity index (χ1n) is 5.44. The first-order chi connectivity index (χ1) is 8.65. The number of nitrogen functional groups attached to an aromatic ring is 1. The number of hydrogen-bond acceptors (Lipinski definition) is 4. The molecule has 0 aliphatic rings. The van der Waals surface area contributed by atoms with E-state index in [1.165, 1.54) is 11.3 Å². The number of para-hydroxylation sites is 1. The summed E-state index contributed by atoms with van der Waals surface area (Å²) in [6.45, 7) is 2.34. The minimum absolute atomic E-state index is 0.0763. The van der Waals surface area contributed by atoms with Crippen molar-refractivity contribution in [1.82, 2.24) is 0 Å². The molecule has 0 fully saturated rings. The van der Waals surface area contributed by atoms with E-state index in [0.29, 0.717) is 28.5 Å². The smallest absolute Gasteiger partial charge is 0.207 e. The van der Waals surface area contributed by atoms with Gasteiger partial charge in [-0.1, -0.05) is 6.07 Å². The topological polar surface area (TPSA) is 52.3 Å². The first-order valence-corrected chi connectivity index (χ1v) is 7.11. The van der Waals surface area contributed by atoms with Crippen LogP contribution in [0.4, 0.5) is 5.69 Å². The van der Waals surface area contributed by atoms with Crippen LogP contribution in [0.2, 0.25) is 0 Å². The lowest BCUT2D eigenvalue weighted by molar-refractivity contribution is 0.103. The van der Waals surface area contributed by atoms with Gasteiger partial charge in [0.05, 0.1) is 22.7 Å². The van der Waals surface area contributed by atoms with Crippen LogP contribution in [0.5, 0.6) is 5.75 Å². The van der Waals surface area contributed by atoms with E-state index >= 15 is 0 Å². The minimum atomic E-state index is -0.0763. The standard InChI is InChI=1S/C13H12BrNO2S/c1-2-17-12-8(4-3-5-10(12)15)11(16)13-9(14)6-7-18-13/h3-7H,2,15H2,1H3. The number of anilines is 1. The molecular weight excluding hydrogens is 314 g/mol. The van der Waals surface area contributed by atoms with Crippen molar-refractivity contribution in [2.75, 3.05) is 12.3 Å². The summed E-state index contributed by atoms with van der Waals surface area (Å²) in [4.78, 5) is 13.1. The Morgan fingerprint density at radius 2 is 2.22 bits per heavy atom. The van der Waals surface area contributed by atoms with E-state index in [1.54, 1.807) is 18.2 Å². The molecule has 0 unspecified atom stereocenters. The average Bonchev–Trinajstić information content (AvgIpc) is 2.77. The number of thiophene rings is 1. The molecule has 2 aromatic rings. The van der Waals surface area contributed by atoms with Crippen LogP contribution < -0.4 is 10.5 Å². The van der Waals surface area contributed by atoms with Crippen molar-refractivity contribution in [2.24, 2.45) is 0 Å². The third-order valence-electron chi connectivity index (χ3n) is 2.40. The molecule has 18 heavy (non-hydrogen) atoms. The lowest BCUT2D eigenvalue weighted by atomic mass is 10.1. The highest BCUT2D eigenvalue weighted by molar-refractivity contribution is 9.10. The number of halogens is 1. The summed E-state index contributed by atoms with van der Waals surface area (Å²) >= 11 is 4.76. The van der Waals surface area contributed by atoms with Gasteiger partial charge in [0.25, 0.3) is 0 Å². The first kappa shape index (κ1) is 13.1. The Morgan fingerprint density at radius 1 is 1.44 bits per heavy atom. The van der Waals surface area contributed by atoms with Crippen molar-refractivity contribution in [2.45, 2.75) is 6.92 Å². The maximum absolute atomic E-state index is 12.4. The maximum atomic E-state index is 12.4. The van der Waals surface area contributed by atoms with Crippen LogP contribution in [-0.2, 0) is 0 Å². The van der Waals surface area contributed by atoms with Crippen molar-refractivity contribution < 1.29 is 9.53 Å².